The maximum Gasteiger partial charge on any atom is 0.412 e. The quantitative estimate of drug-likeness (QED) is 0.531. The van der Waals surface area contributed by atoms with E-state index < -0.39 is 29.4 Å². The zero-order valence-corrected chi connectivity index (χ0v) is 23.7. The number of likely N-dealkylation sites (tertiary alicyclic amines) is 1. The lowest BCUT2D eigenvalue weighted by molar-refractivity contribution is -0.233. The minimum atomic E-state index is -1.52. The van der Waals surface area contributed by atoms with Gasteiger partial charge in [-0.05, 0) is 58.8 Å². The highest BCUT2D eigenvalue weighted by Gasteiger charge is 2.71. The van der Waals surface area contributed by atoms with Crippen molar-refractivity contribution in [3.63, 3.8) is 0 Å². The Kier molecular flexibility index (Phi) is 7.94. The standard InChI is InChI=1S/C22H47NO4Si2/c1-18(2,3)21(16-25-28(10)11)14-15-23(17(24)26-20(7,8)9)22(21,19(4,5)6)27-29(12)13/h28-29H,14-16H2,1-13H3. The molecule has 0 aromatic heterocycles. The molecule has 0 aromatic carbocycles. The summed E-state index contributed by atoms with van der Waals surface area (Å²) >= 11 is 0. The van der Waals surface area contributed by atoms with Crippen molar-refractivity contribution in [2.45, 2.75) is 106 Å². The molecule has 172 valence electrons. The number of carbonyl (C=O) groups is 1. The lowest BCUT2D eigenvalue weighted by Gasteiger charge is -2.61. The van der Waals surface area contributed by atoms with Crippen LogP contribution in [0, 0.1) is 16.2 Å². The maximum absolute atomic E-state index is 13.5. The molecule has 0 saturated carbocycles. The molecule has 5 nitrogen and oxygen atoms in total. The first-order valence-corrected chi connectivity index (χ1v) is 16.7. The van der Waals surface area contributed by atoms with Gasteiger partial charge in [-0.15, -0.1) is 0 Å². The van der Waals surface area contributed by atoms with Gasteiger partial charge in [0.05, 0.1) is 0 Å². The molecule has 29 heavy (non-hydrogen) atoms. The zero-order chi connectivity index (χ0) is 23.1. The highest BCUT2D eigenvalue weighted by molar-refractivity contribution is 6.48. The van der Waals surface area contributed by atoms with Crippen LogP contribution in [0.25, 0.3) is 0 Å². The Hall–Kier alpha value is -0.376. The van der Waals surface area contributed by atoms with E-state index in [9.17, 15) is 4.79 Å². The number of amides is 1. The van der Waals surface area contributed by atoms with Gasteiger partial charge in [-0.1, -0.05) is 41.5 Å². The van der Waals surface area contributed by atoms with Gasteiger partial charge in [0.2, 0.25) is 0 Å². The molecule has 0 radical (unpaired) electrons. The van der Waals surface area contributed by atoms with Gasteiger partial charge in [0, 0.05) is 24.0 Å². The van der Waals surface area contributed by atoms with Crippen LogP contribution in [0.4, 0.5) is 4.79 Å². The van der Waals surface area contributed by atoms with Gasteiger partial charge in [0.25, 0.3) is 0 Å². The highest BCUT2D eigenvalue weighted by atomic mass is 28.3. The van der Waals surface area contributed by atoms with E-state index in [0.717, 1.165) is 6.42 Å². The first-order valence-electron chi connectivity index (χ1n) is 11.1. The molecule has 0 aliphatic carbocycles. The van der Waals surface area contributed by atoms with Gasteiger partial charge in [0.15, 0.2) is 18.1 Å². The first-order chi connectivity index (χ1) is 12.8. The molecule has 1 heterocycles. The van der Waals surface area contributed by atoms with E-state index in [1.165, 1.54) is 0 Å². The summed E-state index contributed by atoms with van der Waals surface area (Å²) in [5, 5.41) is 0. The molecule has 0 spiro atoms. The Labute approximate surface area is 183 Å². The van der Waals surface area contributed by atoms with Crippen molar-refractivity contribution in [2.75, 3.05) is 13.2 Å². The number of rotatable bonds is 5. The van der Waals surface area contributed by atoms with Crippen LogP contribution < -0.4 is 0 Å². The maximum atomic E-state index is 13.5. The van der Waals surface area contributed by atoms with Crippen molar-refractivity contribution >= 4 is 24.2 Å². The van der Waals surface area contributed by atoms with Gasteiger partial charge >= 0.3 is 6.09 Å². The summed E-state index contributed by atoms with van der Waals surface area (Å²) < 4.78 is 19.3. The normalized spacial score (nSPS) is 26.5. The van der Waals surface area contributed by atoms with Crippen LogP contribution in [0.1, 0.15) is 68.7 Å². The molecule has 7 heteroatoms. The van der Waals surface area contributed by atoms with E-state index in [0.29, 0.717) is 13.2 Å². The van der Waals surface area contributed by atoms with Gasteiger partial charge < -0.3 is 13.6 Å². The van der Waals surface area contributed by atoms with Crippen LogP contribution in [-0.4, -0.2) is 53.6 Å². The lowest BCUT2D eigenvalue weighted by atomic mass is 9.55. The number of hydrogen-bond acceptors (Lipinski definition) is 4. The third kappa shape index (κ3) is 5.28. The first kappa shape index (κ1) is 26.7. The minimum Gasteiger partial charge on any atom is -0.444 e. The van der Waals surface area contributed by atoms with Crippen molar-refractivity contribution in [2.24, 2.45) is 16.2 Å². The van der Waals surface area contributed by atoms with Crippen molar-refractivity contribution in [3.05, 3.63) is 0 Å². The van der Waals surface area contributed by atoms with E-state index >= 15 is 0 Å². The summed E-state index contributed by atoms with van der Waals surface area (Å²) in [6.45, 7) is 29.1. The summed E-state index contributed by atoms with van der Waals surface area (Å²) in [5.41, 5.74) is -2.10. The Morgan fingerprint density at radius 1 is 0.897 bits per heavy atom. The molecule has 1 amide bonds. The van der Waals surface area contributed by atoms with Gasteiger partial charge in [-0.25, -0.2) is 4.79 Å². The molecule has 0 aromatic rings. The van der Waals surface area contributed by atoms with Crippen molar-refractivity contribution in [3.8, 4) is 0 Å². The smallest absolute Gasteiger partial charge is 0.412 e. The predicted octanol–water partition coefficient (Wildman–Crippen LogP) is 5.40. The lowest BCUT2D eigenvalue weighted by Crippen LogP contribution is -2.70. The van der Waals surface area contributed by atoms with Crippen molar-refractivity contribution < 1.29 is 18.4 Å². The molecule has 2 unspecified atom stereocenters. The van der Waals surface area contributed by atoms with E-state index in [-0.39, 0.29) is 22.3 Å². The summed E-state index contributed by atoms with van der Waals surface area (Å²) in [6, 6.07) is 0. The zero-order valence-electron chi connectivity index (χ0n) is 21.4. The average Bonchev–Trinajstić information content (AvgIpc) is 2.78. The largest absolute Gasteiger partial charge is 0.444 e. The Morgan fingerprint density at radius 3 is 1.76 bits per heavy atom. The molecule has 0 bridgehead atoms. The van der Waals surface area contributed by atoms with E-state index in [2.05, 4.69) is 67.7 Å². The molecule has 1 aliphatic rings. The minimum absolute atomic E-state index is 0.121. The number of hydrogen-bond donors (Lipinski definition) is 0. The van der Waals surface area contributed by atoms with Crippen molar-refractivity contribution in [1.29, 1.82) is 0 Å². The van der Waals surface area contributed by atoms with Gasteiger partial charge in [-0.2, -0.15) is 0 Å². The van der Waals surface area contributed by atoms with E-state index in [4.69, 9.17) is 13.6 Å². The predicted molar refractivity (Wildman–Crippen MR) is 126 cm³/mol. The van der Waals surface area contributed by atoms with Crippen LogP contribution in [0.5, 0.6) is 0 Å². The third-order valence-corrected chi connectivity index (χ3v) is 7.57. The summed E-state index contributed by atoms with van der Waals surface area (Å²) in [6.07, 6.45) is 0.560. The number of carbonyl (C=O) groups excluding carboxylic acids is 1. The number of ether oxygens (including phenoxy) is 1. The highest BCUT2D eigenvalue weighted by Crippen LogP contribution is 2.63. The summed E-state index contributed by atoms with van der Waals surface area (Å²) in [4.78, 5) is 15.4. The molecule has 1 saturated heterocycles. The molecule has 2 atom stereocenters. The second-order valence-corrected chi connectivity index (χ2v) is 16.9. The van der Waals surface area contributed by atoms with E-state index in [1.807, 2.05) is 25.7 Å². The van der Waals surface area contributed by atoms with E-state index in [1.54, 1.807) is 0 Å². The van der Waals surface area contributed by atoms with Crippen LogP contribution in [0.3, 0.4) is 0 Å². The summed E-state index contributed by atoms with van der Waals surface area (Å²) in [7, 11) is -2.77. The molecular weight excluding hydrogens is 398 g/mol. The fraction of sp³-hybridized carbons (Fsp3) is 0.955. The van der Waals surface area contributed by atoms with Crippen LogP contribution in [0.2, 0.25) is 26.2 Å². The third-order valence-electron chi connectivity index (χ3n) is 5.93. The number of nitrogens with zero attached hydrogens (tertiary/aromatic N) is 1. The van der Waals surface area contributed by atoms with Crippen LogP contribution in [-0.2, 0) is 13.6 Å². The SMILES string of the molecule is C[SiH](C)OCC1(C(C)(C)C)CCN(C(=O)OC(C)(C)C)C1(O[SiH](C)C)C(C)(C)C. The molecule has 1 fully saturated rings. The van der Waals surface area contributed by atoms with Crippen molar-refractivity contribution in [1.82, 2.24) is 4.90 Å². The fourth-order valence-corrected chi connectivity index (χ4v) is 6.83. The average molecular weight is 446 g/mol. The monoisotopic (exact) mass is 445 g/mol. The topological polar surface area (TPSA) is 48.0 Å². The van der Waals surface area contributed by atoms with Gasteiger partial charge in [0.1, 0.15) is 11.3 Å². The second-order valence-electron chi connectivity index (χ2n) is 12.1. The van der Waals surface area contributed by atoms with Crippen LogP contribution in [0.15, 0.2) is 0 Å². The molecule has 1 rings (SSSR count). The molecule has 0 N–H and O–H groups in total. The Bertz CT molecular complexity index is 575. The van der Waals surface area contributed by atoms with Gasteiger partial charge in [-0.3, -0.25) is 4.90 Å². The second kappa shape index (κ2) is 8.63. The summed E-state index contributed by atoms with van der Waals surface area (Å²) in [5.74, 6) is 0. The Balaban J connectivity index is 3.75. The van der Waals surface area contributed by atoms with Crippen LogP contribution >= 0.6 is 0 Å². The molecular formula is C22H47NO4Si2. The fourth-order valence-electron chi connectivity index (χ4n) is 4.82. The Morgan fingerprint density at radius 2 is 1.41 bits per heavy atom. The molecule has 1 aliphatic heterocycles.